The normalized spacial score (nSPS) is 10.2. The molecule has 0 heterocycles. The third-order valence-electron chi connectivity index (χ3n) is 3.18. The third-order valence-corrected chi connectivity index (χ3v) is 3.18. The topological polar surface area (TPSA) is 55.1 Å². The summed E-state index contributed by atoms with van der Waals surface area (Å²) in [5.41, 5.74) is 10.4. The Hall–Kier alpha value is -2.29. The molecule has 3 heteroatoms. The van der Waals surface area contributed by atoms with E-state index in [0.717, 1.165) is 22.4 Å². The molecule has 0 aromatic heterocycles. The Kier molecular flexibility index (Phi) is 3.85. The summed E-state index contributed by atoms with van der Waals surface area (Å²) >= 11 is 0. The number of benzene rings is 2. The minimum Gasteiger partial charge on any atom is -0.398 e. The molecule has 0 saturated heterocycles. The maximum Gasteiger partial charge on any atom is 0.228 e. The molecule has 19 heavy (non-hydrogen) atoms. The average Bonchev–Trinajstić information content (AvgIpc) is 2.37. The summed E-state index contributed by atoms with van der Waals surface area (Å²) in [5, 5.41) is 2.87. The number of aryl methyl sites for hydroxylation is 2. The van der Waals surface area contributed by atoms with Crippen molar-refractivity contribution in [1.82, 2.24) is 0 Å². The van der Waals surface area contributed by atoms with E-state index in [0.29, 0.717) is 12.1 Å². The van der Waals surface area contributed by atoms with Crippen LogP contribution in [0.15, 0.2) is 42.5 Å². The summed E-state index contributed by atoms with van der Waals surface area (Å²) < 4.78 is 0. The minimum absolute atomic E-state index is 0.0300. The van der Waals surface area contributed by atoms with Crippen molar-refractivity contribution < 1.29 is 4.79 Å². The van der Waals surface area contributed by atoms with Gasteiger partial charge in [-0.1, -0.05) is 30.3 Å². The number of nitrogens with two attached hydrogens (primary N) is 1. The van der Waals surface area contributed by atoms with Gasteiger partial charge in [0.25, 0.3) is 0 Å². The van der Waals surface area contributed by atoms with Crippen molar-refractivity contribution in [2.24, 2.45) is 0 Å². The van der Waals surface area contributed by atoms with Gasteiger partial charge in [0.15, 0.2) is 0 Å². The Morgan fingerprint density at radius 3 is 2.53 bits per heavy atom. The van der Waals surface area contributed by atoms with E-state index in [1.807, 2.05) is 50.2 Å². The van der Waals surface area contributed by atoms with Crippen molar-refractivity contribution in [2.45, 2.75) is 20.3 Å². The van der Waals surface area contributed by atoms with Crippen molar-refractivity contribution in [1.29, 1.82) is 0 Å². The zero-order valence-corrected chi connectivity index (χ0v) is 11.2. The van der Waals surface area contributed by atoms with Crippen molar-refractivity contribution >= 4 is 17.3 Å². The highest BCUT2D eigenvalue weighted by atomic mass is 16.1. The van der Waals surface area contributed by atoms with Crippen LogP contribution in [0.2, 0.25) is 0 Å². The molecule has 98 valence electrons. The van der Waals surface area contributed by atoms with Gasteiger partial charge in [0.05, 0.1) is 6.42 Å². The summed E-state index contributed by atoms with van der Waals surface area (Å²) in [6, 6.07) is 13.4. The molecule has 2 rings (SSSR count). The van der Waals surface area contributed by atoms with Gasteiger partial charge in [0, 0.05) is 11.4 Å². The van der Waals surface area contributed by atoms with Gasteiger partial charge in [-0.3, -0.25) is 4.79 Å². The number of hydrogen-bond acceptors (Lipinski definition) is 2. The minimum atomic E-state index is -0.0300. The van der Waals surface area contributed by atoms with Gasteiger partial charge in [-0.05, 0) is 42.7 Å². The first kappa shape index (κ1) is 13.1. The molecule has 0 spiro atoms. The maximum absolute atomic E-state index is 12.0. The third kappa shape index (κ3) is 3.35. The lowest BCUT2D eigenvalue weighted by Gasteiger charge is -2.09. The molecule has 0 fully saturated rings. The summed E-state index contributed by atoms with van der Waals surface area (Å²) in [6.07, 6.45) is 0.375. The molecular formula is C16H18N2O. The Morgan fingerprint density at radius 1 is 1.11 bits per heavy atom. The second kappa shape index (κ2) is 5.57. The molecule has 0 atom stereocenters. The molecular weight excluding hydrogens is 236 g/mol. The van der Waals surface area contributed by atoms with E-state index in [1.54, 1.807) is 6.07 Å². The van der Waals surface area contributed by atoms with Gasteiger partial charge in [-0.25, -0.2) is 0 Å². The molecule has 0 bridgehead atoms. The van der Waals surface area contributed by atoms with E-state index >= 15 is 0 Å². The van der Waals surface area contributed by atoms with Crippen LogP contribution in [-0.4, -0.2) is 5.91 Å². The fourth-order valence-corrected chi connectivity index (χ4v) is 1.90. The summed E-state index contributed by atoms with van der Waals surface area (Å²) in [7, 11) is 0. The molecule has 0 unspecified atom stereocenters. The fourth-order valence-electron chi connectivity index (χ4n) is 1.90. The number of amides is 1. The van der Waals surface area contributed by atoms with Crippen LogP contribution >= 0.6 is 0 Å². The first-order chi connectivity index (χ1) is 9.06. The monoisotopic (exact) mass is 254 g/mol. The summed E-state index contributed by atoms with van der Waals surface area (Å²) in [6.45, 7) is 3.95. The molecule has 3 N–H and O–H groups in total. The van der Waals surface area contributed by atoms with Crippen LogP contribution in [-0.2, 0) is 11.2 Å². The van der Waals surface area contributed by atoms with Crippen molar-refractivity contribution in [3.8, 4) is 0 Å². The molecule has 0 aliphatic heterocycles. The Labute approximate surface area is 113 Å². The SMILES string of the molecule is Cc1ccc(NC(=O)Cc2ccccc2C)cc1N. The Morgan fingerprint density at radius 2 is 1.84 bits per heavy atom. The number of nitrogens with one attached hydrogen (secondary N) is 1. The number of carbonyl (C=O) groups excluding carboxylic acids is 1. The summed E-state index contributed by atoms with van der Waals surface area (Å²) in [4.78, 5) is 12.0. The zero-order valence-electron chi connectivity index (χ0n) is 11.2. The van der Waals surface area contributed by atoms with Gasteiger partial charge in [0.1, 0.15) is 0 Å². The van der Waals surface area contributed by atoms with E-state index in [2.05, 4.69) is 5.32 Å². The predicted octanol–water partition coefficient (Wildman–Crippen LogP) is 3.07. The molecule has 0 radical (unpaired) electrons. The molecule has 2 aromatic rings. The largest absolute Gasteiger partial charge is 0.398 e. The predicted molar refractivity (Wildman–Crippen MR) is 79.1 cm³/mol. The van der Waals surface area contributed by atoms with Crippen LogP contribution in [0.5, 0.6) is 0 Å². The van der Waals surface area contributed by atoms with Gasteiger partial charge >= 0.3 is 0 Å². The van der Waals surface area contributed by atoms with E-state index in [9.17, 15) is 4.79 Å². The lowest BCUT2D eigenvalue weighted by atomic mass is 10.1. The lowest BCUT2D eigenvalue weighted by Crippen LogP contribution is -2.15. The van der Waals surface area contributed by atoms with E-state index in [-0.39, 0.29) is 5.91 Å². The zero-order chi connectivity index (χ0) is 13.8. The molecule has 0 aliphatic rings. The first-order valence-corrected chi connectivity index (χ1v) is 6.27. The number of nitrogen functional groups attached to an aromatic ring is 1. The van der Waals surface area contributed by atoms with E-state index in [1.165, 1.54) is 0 Å². The second-order valence-electron chi connectivity index (χ2n) is 4.72. The van der Waals surface area contributed by atoms with Crippen molar-refractivity contribution in [3.05, 3.63) is 59.2 Å². The van der Waals surface area contributed by atoms with Crippen LogP contribution in [0.1, 0.15) is 16.7 Å². The lowest BCUT2D eigenvalue weighted by molar-refractivity contribution is -0.115. The van der Waals surface area contributed by atoms with Crippen molar-refractivity contribution in [3.63, 3.8) is 0 Å². The van der Waals surface area contributed by atoms with E-state index in [4.69, 9.17) is 5.73 Å². The molecule has 0 saturated carbocycles. The fraction of sp³-hybridized carbons (Fsp3) is 0.188. The molecule has 2 aromatic carbocycles. The first-order valence-electron chi connectivity index (χ1n) is 6.27. The Bertz CT molecular complexity index is 605. The summed E-state index contributed by atoms with van der Waals surface area (Å²) in [5.74, 6) is -0.0300. The number of hydrogen-bond donors (Lipinski definition) is 2. The molecule has 3 nitrogen and oxygen atoms in total. The standard InChI is InChI=1S/C16H18N2O/c1-11-5-3-4-6-13(11)9-16(19)18-14-8-7-12(2)15(17)10-14/h3-8,10H,9,17H2,1-2H3,(H,18,19). The van der Waals surface area contributed by atoms with Crippen LogP contribution in [0, 0.1) is 13.8 Å². The van der Waals surface area contributed by atoms with Crippen LogP contribution in [0.4, 0.5) is 11.4 Å². The highest BCUT2D eigenvalue weighted by molar-refractivity contribution is 5.92. The van der Waals surface area contributed by atoms with E-state index < -0.39 is 0 Å². The molecule has 1 amide bonds. The van der Waals surface area contributed by atoms with Gasteiger partial charge in [-0.2, -0.15) is 0 Å². The average molecular weight is 254 g/mol. The quantitative estimate of drug-likeness (QED) is 0.827. The van der Waals surface area contributed by atoms with Gasteiger partial charge < -0.3 is 11.1 Å². The number of carbonyl (C=O) groups is 1. The van der Waals surface area contributed by atoms with Crippen LogP contribution < -0.4 is 11.1 Å². The Balaban J connectivity index is 2.05. The number of rotatable bonds is 3. The maximum atomic E-state index is 12.0. The van der Waals surface area contributed by atoms with Crippen LogP contribution in [0.3, 0.4) is 0 Å². The molecule has 0 aliphatic carbocycles. The van der Waals surface area contributed by atoms with Crippen LogP contribution in [0.25, 0.3) is 0 Å². The second-order valence-corrected chi connectivity index (χ2v) is 4.72. The van der Waals surface area contributed by atoms with Gasteiger partial charge in [0.2, 0.25) is 5.91 Å². The van der Waals surface area contributed by atoms with Crippen molar-refractivity contribution in [2.75, 3.05) is 11.1 Å². The smallest absolute Gasteiger partial charge is 0.228 e. The highest BCUT2D eigenvalue weighted by Gasteiger charge is 2.06. The number of anilines is 2. The van der Waals surface area contributed by atoms with Gasteiger partial charge in [-0.15, -0.1) is 0 Å². The highest BCUT2D eigenvalue weighted by Crippen LogP contribution is 2.17.